The van der Waals surface area contributed by atoms with Crippen molar-refractivity contribution in [3.8, 4) is 22.6 Å². The standard InChI is InChI=1S/C15H13ClF3NO2/c16-13-4-2-1-3-11(13)12-6-5-10(21-8-7-20)9-14(12)22-15(17,18)19/h1-6,9H,7-8,20H2. The highest BCUT2D eigenvalue weighted by atomic mass is 35.5. The molecule has 0 spiro atoms. The number of nitrogens with two attached hydrogens (primary N) is 1. The van der Waals surface area contributed by atoms with Gasteiger partial charge < -0.3 is 15.2 Å². The zero-order valence-electron chi connectivity index (χ0n) is 11.4. The second-order valence-corrected chi connectivity index (χ2v) is 4.73. The summed E-state index contributed by atoms with van der Waals surface area (Å²) in [5.74, 6) is -0.143. The smallest absolute Gasteiger partial charge is 0.492 e. The van der Waals surface area contributed by atoms with E-state index in [9.17, 15) is 13.2 Å². The molecule has 0 fully saturated rings. The Morgan fingerprint density at radius 3 is 2.41 bits per heavy atom. The van der Waals surface area contributed by atoms with Crippen molar-refractivity contribution in [3.05, 3.63) is 47.5 Å². The fourth-order valence-corrected chi connectivity index (χ4v) is 2.12. The lowest BCUT2D eigenvalue weighted by Crippen LogP contribution is -2.18. The molecule has 0 aliphatic rings. The Morgan fingerprint density at radius 1 is 1.05 bits per heavy atom. The summed E-state index contributed by atoms with van der Waals surface area (Å²) in [5, 5.41) is 0.324. The van der Waals surface area contributed by atoms with E-state index in [0.717, 1.165) is 0 Å². The van der Waals surface area contributed by atoms with Gasteiger partial charge in [0.25, 0.3) is 0 Å². The molecule has 0 radical (unpaired) electrons. The van der Waals surface area contributed by atoms with Crippen LogP contribution in [-0.2, 0) is 0 Å². The largest absolute Gasteiger partial charge is 0.573 e. The highest BCUT2D eigenvalue weighted by molar-refractivity contribution is 6.33. The predicted octanol–water partition coefficient (Wildman–Crippen LogP) is 4.24. The van der Waals surface area contributed by atoms with E-state index in [1.807, 2.05) is 0 Å². The average molecular weight is 332 g/mol. The summed E-state index contributed by atoms with van der Waals surface area (Å²) in [6, 6.07) is 10.7. The number of rotatable bonds is 5. The van der Waals surface area contributed by atoms with Crippen molar-refractivity contribution < 1.29 is 22.6 Å². The van der Waals surface area contributed by atoms with Crippen molar-refractivity contribution in [1.29, 1.82) is 0 Å². The highest BCUT2D eigenvalue weighted by Crippen LogP contribution is 2.39. The zero-order valence-corrected chi connectivity index (χ0v) is 12.1. The van der Waals surface area contributed by atoms with Crippen LogP contribution in [-0.4, -0.2) is 19.5 Å². The summed E-state index contributed by atoms with van der Waals surface area (Å²) >= 11 is 6.04. The van der Waals surface area contributed by atoms with Gasteiger partial charge >= 0.3 is 6.36 Å². The van der Waals surface area contributed by atoms with Crippen molar-refractivity contribution in [2.24, 2.45) is 5.73 Å². The van der Waals surface area contributed by atoms with Crippen LogP contribution in [0.5, 0.6) is 11.5 Å². The minimum Gasteiger partial charge on any atom is -0.492 e. The molecule has 2 aromatic rings. The van der Waals surface area contributed by atoms with Crippen LogP contribution in [0, 0.1) is 0 Å². The lowest BCUT2D eigenvalue weighted by Gasteiger charge is -2.16. The van der Waals surface area contributed by atoms with Gasteiger partial charge in [0.2, 0.25) is 0 Å². The van der Waals surface area contributed by atoms with Gasteiger partial charge in [-0.25, -0.2) is 0 Å². The highest BCUT2D eigenvalue weighted by Gasteiger charge is 2.32. The molecule has 22 heavy (non-hydrogen) atoms. The van der Waals surface area contributed by atoms with E-state index in [1.54, 1.807) is 24.3 Å². The second kappa shape index (κ2) is 6.89. The number of halogens is 4. The molecule has 0 saturated carbocycles. The van der Waals surface area contributed by atoms with Crippen LogP contribution in [0.2, 0.25) is 5.02 Å². The molecule has 0 heterocycles. The molecule has 3 nitrogen and oxygen atoms in total. The monoisotopic (exact) mass is 331 g/mol. The van der Waals surface area contributed by atoms with Crippen LogP contribution in [0.3, 0.4) is 0 Å². The van der Waals surface area contributed by atoms with Gasteiger partial charge in [-0.2, -0.15) is 0 Å². The Morgan fingerprint density at radius 2 is 1.77 bits per heavy atom. The summed E-state index contributed by atoms with van der Waals surface area (Å²) in [6.07, 6.45) is -4.82. The zero-order chi connectivity index (χ0) is 16.2. The SMILES string of the molecule is NCCOc1ccc(-c2ccccc2Cl)c(OC(F)(F)F)c1. The number of hydrogen-bond acceptors (Lipinski definition) is 3. The second-order valence-electron chi connectivity index (χ2n) is 4.32. The predicted molar refractivity (Wildman–Crippen MR) is 78.1 cm³/mol. The van der Waals surface area contributed by atoms with E-state index < -0.39 is 6.36 Å². The summed E-state index contributed by atoms with van der Waals surface area (Å²) in [5.41, 5.74) is 5.97. The molecule has 2 N–H and O–H groups in total. The molecule has 0 amide bonds. The average Bonchev–Trinajstić information content (AvgIpc) is 2.44. The van der Waals surface area contributed by atoms with Crippen LogP contribution in [0.4, 0.5) is 13.2 Å². The van der Waals surface area contributed by atoms with Gasteiger partial charge in [0.1, 0.15) is 18.1 Å². The Balaban J connectivity index is 2.46. The fourth-order valence-electron chi connectivity index (χ4n) is 1.88. The maximum atomic E-state index is 12.6. The molecule has 2 rings (SSSR count). The first-order valence-electron chi connectivity index (χ1n) is 6.38. The third-order valence-electron chi connectivity index (χ3n) is 2.73. The summed E-state index contributed by atoms with van der Waals surface area (Å²) in [7, 11) is 0. The van der Waals surface area contributed by atoms with Crippen LogP contribution >= 0.6 is 11.6 Å². The molecular weight excluding hydrogens is 319 g/mol. The maximum Gasteiger partial charge on any atom is 0.573 e. The third kappa shape index (κ3) is 4.29. The normalized spacial score (nSPS) is 11.3. The Bertz CT molecular complexity index is 647. The number of benzene rings is 2. The Labute approximate surface area is 130 Å². The molecular formula is C15H13ClF3NO2. The van der Waals surface area contributed by atoms with E-state index in [1.165, 1.54) is 18.2 Å². The molecule has 2 aromatic carbocycles. The van der Waals surface area contributed by atoms with Gasteiger partial charge in [-0.15, -0.1) is 13.2 Å². The molecule has 0 unspecified atom stereocenters. The molecule has 0 bridgehead atoms. The quantitative estimate of drug-likeness (QED) is 0.891. The van der Waals surface area contributed by atoms with Crippen molar-refractivity contribution >= 4 is 11.6 Å². The lowest BCUT2D eigenvalue weighted by atomic mass is 10.0. The fraction of sp³-hybridized carbons (Fsp3) is 0.200. The third-order valence-corrected chi connectivity index (χ3v) is 3.06. The van der Waals surface area contributed by atoms with Crippen molar-refractivity contribution in [1.82, 2.24) is 0 Å². The number of hydrogen-bond donors (Lipinski definition) is 1. The lowest BCUT2D eigenvalue weighted by molar-refractivity contribution is -0.274. The molecule has 118 valence electrons. The van der Waals surface area contributed by atoms with Crippen LogP contribution < -0.4 is 15.2 Å². The summed E-state index contributed by atoms with van der Waals surface area (Å²) < 4.78 is 47.1. The topological polar surface area (TPSA) is 44.5 Å². The molecule has 0 saturated heterocycles. The Hall–Kier alpha value is -1.92. The van der Waals surface area contributed by atoms with Gasteiger partial charge in [-0.3, -0.25) is 0 Å². The summed E-state index contributed by atoms with van der Waals surface area (Å²) in [6.45, 7) is 0.443. The maximum absolute atomic E-state index is 12.6. The van der Waals surface area contributed by atoms with E-state index in [0.29, 0.717) is 10.6 Å². The van der Waals surface area contributed by atoms with Gasteiger partial charge in [0.15, 0.2) is 0 Å². The van der Waals surface area contributed by atoms with E-state index in [-0.39, 0.29) is 30.2 Å². The first kappa shape index (κ1) is 16.5. The Kier molecular flexibility index (Phi) is 5.15. The van der Waals surface area contributed by atoms with Crippen LogP contribution in [0.1, 0.15) is 0 Å². The van der Waals surface area contributed by atoms with Gasteiger partial charge in [0, 0.05) is 28.8 Å². The molecule has 0 aromatic heterocycles. The van der Waals surface area contributed by atoms with Crippen molar-refractivity contribution in [3.63, 3.8) is 0 Å². The summed E-state index contributed by atoms with van der Waals surface area (Å²) in [4.78, 5) is 0. The minimum atomic E-state index is -4.82. The van der Waals surface area contributed by atoms with E-state index >= 15 is 0 Å². The number of ether oxygens (including phenoxy) is 2. The van der Waals surface area contributed by atoms with Crippen molar-refractivity contribution in [2.45, 2.75) is 6.36 Å². The molecule has 0 aliphatic heterocycles. The van der Waals surface area contributed by atoms with Gasteiger partial charge in [-0.1, -0.05) is 29.8 Å². The first-order chi connectivity index (χ1) is 10.4. The van der Waals surface area contributed by atoms with Gasteiger partial charge in [0.05, 0.1) is 0 Å². The van der Waals surface area contributed by atoms with Crippen LogP contribution in [0.25, 0.3) is 11.1 Å². The molecule has 0 aliphatic carbocycles. The van der Waals surface area contributed by atoms with Crippen LogP contribution in [0.15, 0.2) is 42.5 Å². The van der Waals surface area contributed by atoms with E-state index in [4.69, 9.17) is 22.1 Å². The number of alkyl halides is 3. The van der Waals surface area contributed by atoms with E-state index in [2.05, 4.69) is 4.74 Å². The first-order valence-corrected chi connectivity index (χ1v) is 6.76. The van der Waals surface area contributed by atoms with Crippen molar-refractivity contribution in [2.75, 3.05) is 13.2 Å². The molecule has 0 atom stereocenters. The minimum absolute atomic E-state index is 0.191. The van der Waals surface area contributed by atoms with Gasteiger partial charge in [-0.05, 0) is 18.2 Å². The molecule has 7 heteroatoms.